The minimum Gasteiger partial charge on any atom is -0.465 e. The third kappa shape index (κ3) is 5.07. The number of aryl methyl sites for hydroxylation is 1. The molecule has 0 aliphatic carbocycles. The van der Waals surface area contributed by atoms with Crippen molar-refractivity contribution in [2.45, 2.75) is 33.9 Å². The Balaban J connectivity index is 2.50. The highest BCUT2D eigenvalue weighted by atomic mass is 16.3. The Labute approximate surface area is 111 Å². The van der Waals surface area contributed by atoms with Gasteiger partial charge in [0.15, 0.2) is 0 Å². The highest BCUT2D eigenvalue weighted by molar-refractivity contribution is 5.20. The van der Waals surface area contributed by atoms with Crippen LogP contribution >= 0.6 is 0 Å². The molecule has 0 spiro atoms. The molecule has 1 aromatic heterocycles. The first-order chi connectivity index (χ1) is 8.52. The molecule has 1 rings (SSSR count). The van der Waals surface area contributed by atoms with E-state index in [0.717, 1.165) is 37.7 Å². The summed E-state index contributed by atoms with van der Waals surface area (Å²) < 4.78 is 5.77. The Hall–Kier alpha value is -1.06. The van der Waals surface area contributed by atoms with E-state index in [-0.39, 0.29) is 0 Å². The lowest BCUT2D eigenvalue weighted by molar-refractivity contribution is 0.318. The molecule has 102 valence electrons. The first kappa shape index (κ1) is 15.0. The molecule has 0 saturated heterocycles. The van der Waals surface area contributed by atoms with Gasteiger partial charge in [-0.15, -0.1) is 6.58 Å². The molecule has 1 N–H and O–H groups in total. The van der Waals surface area contributed by atoms with E-state index < -0.39 is 0 Å². The zero-order valence-electron chi connectivity index (χ0n) is 12.1. The summed E-state index contributed by atoms with van der Waals surface area (Å²) in [5.41, 5.74) is 1.26. The lowest BCUT2D eigenvalue weighted by atomic mass is 10.2. The molecular formula is C15H26N2O. The molecular weight excluding hydrogens is 224 g/mol. The first-order valence-corrected chi connectivity index (χ1v) is 6.61. The molecule has 0 unspecified atom stereocenters. The molecule has 0 bridgehead atoms. The zero-order chi connectivity index (χ0) is 13.5. The topological polar surface area (TPSA) is 28.4 Å². The van der Waals surface area contributed by atoms with Crippen LogP contribution < -0.4 is 5.32 Å². The van der Waals surface area contributed by atoms with Gasteiger partial charge in [-0.3, -0.25) is 4.90 Å². The third-order valence-electron chi connectivity index (χ3n) is 2.81. The molecule has 0 aliphatic rings. The second-order valence-corrected chi connectivity index (χ2v) is 5.30. The minimum atomic E-state index is 0.676. The van der Waals surface area contributed by atoms with E-state index in [2.05, 4.69) is 43.8 Å². The van der Waals surface area contributed by atoms with Crippen LogP contribution in [0.1, 0.15) is 30.9 Å². The zero-order valence-corrected chi connectivity index (χ0v) is 12.1. The van der Waals surface area contributed by atoms with Gasteiger partial charge in [-0.1, -0.05) is 19.9 Å². The second-order valence-electron chi connectivity index (χ2n) is 5.30. The highest BCUT2D eigenvalue weighted by Gasteiger charge is 2.08. The quantitative estimate of drug-likeness (QED) is 0.719. The van der Waals surface area contributed by atoms with E-state index in [9.17, 15) is 0 Å². The standard InChI is InChI=1S/C15H26N2O/c1-6-7-17(5)11-15-8-14(13(4)18-15)10-16-9-12(2)3/h6,8,12,16H,1,7,9-11H2,2-5H3. The molecule has 0 aliphatic heterocycles. The molecule has 0 saturated carbocycles. The number of likely N-dealkylation sites (N-methyl/N-ethyl adjacent to an activating group) is 1. The lowest BCUT2D eigenvalue weighted by Crippen LogP contribution is -2.19. The Morgan fingerprint density at radius 3 is 2.83 bits per heavy atom. The average molecular weight is 250 g/mol. The van der Waals surface area contributed by atoms with E-state index in [1.165, 1.54) is 5.56 Å². The van der Waals surface area contributed by atoms with Crippen LogP contribution in [0.4, 0.5) is 0 Å². The summed E-state index contributed by atoms with van der Waals surface area (Å²) in [5, 5.41) is 3.44. The summed E-state index contributed by atoms with van der Waals surface area (Å²) in [4.78, 5) is 2.18. The van der Waals surface area contributed by atoms with Crippen LogP contribution in [0.5, 0.6) is 0 Å². The average Bonchev–Trinajstić information content (AvgIpc) is 2.59. The van der Waals surface area contributed by atoms with Crippen molar-refractivity contribution in [3.8, 4) is 0 Å². The maximum atomic E-state index is 5.77. The van der Waals surface area contributed by atoms with Gasteiger partial charge in [-0.25, -0.2) is 0 Å². The summed E-state index contributed by atoms with van der Waals surface area (Å²) in [6.07, 6.45) is 1.90. The SMILES string of the molecule is C=CCN(C)Cc1cc(CNCC(C)C)c(C)o1. The fourth-order valence-electron chi connectivity index (χ4n) is 1.89. The van der Waals surface area contributed by atoms with Gasteiger partial charge >= 0.3 is 0 Å². The van der Waals surface area contributed by atoms with Crippen LogP contribution in [-0.4, -0.2) is 25.0 Å². The van der Waals surface area contributed by atoms with Gasteiger partial charge in [0.2, 0.25) is 0 Å². The summed E-state index contributed by atoms with van der Waals surface area (Å²) in [7, 11) is 2.07. The maximum absolute atomic E-state index is 5.77. The Bertz CT molecular complexity index is 369. The molecule has 18 heavy (non-hydrogen) atoms. The smallest absolute Gasteiger partial charge is 0.118 e. The number of nitrogens with zero attached hydrogens (tertiary/aromatic N) is 1. The largest absolute Gasteiger partial charge is 0.465 e. The summed E-state index contributed by atoms with van der Waals surface area (Å²) >= 11 is 0. The van der Waals surface area contributed by atoms with Gasteiger partial charge in [0, 0.05) is 18.7 Å². The van der Waals surface area contributed by atoms with Crippen LogP contribution in [0.15, 0.2) is 23.1 Å². The van der Waals surface area contributed by atoms with E-state index in [4.69, 9.17) is 4.42 Å². The normalized spacial score (nSPS) is 11.4. The minimum absolute atomic E-state index is 0.676. The fourth-order valence-corrected chi connectivity index (χ4v) is 1.89. The van der Waals surface area contributed by atoms with Crippen LogP contribution in [0, 0.1) is 12.8 Å². The monoisotopic (exact) mass is 250 g/mol. The van der Waals surface area contributed by atoms with Gasteiger partial charge in [0.05, 0.1) is 6.54 Å². The lowest BCUT2D eigenvalue weighted by Gasteiger charge is -2.11. The van der Waals surface area contributed by atoms with Gasteiger partial charge in [-0.2, -0.15) is 0 Å². The Kier molecular flexibility index (Phi) is 6.16. The number of furan rings is 1. The Morgan fingerprint density at radius 1 is 1.50 bits per heavy atom. The molecule has 3 heteroatoms. The predicted molar refractivity (Wildman–Crippen MR) is 76.5 cm³/mol. The molecule has 0 atom stereocenters. The third-order valence-corrected chi connectivity index (χ3v) is 2.81. The van der Waals surface area contributed by atoms with Crippen molar-refractivity contribution in [2.75, 3.05) is 20.1 Å². The van der Waals surface area contributed by atoms with Crippen molar-refractivity contribution in [1.82, 2.24) is 10.2 Å². The predicted octanol–water partition coefficient (Wildman–Crippen LogP) is 2.95. The molecule has 0 amide bonds. The number of hydrogen-bond donors (Lipinski definition) is 1. The van der Waals surface area contributed by atoms with Gasteiger partial charge in [-0.05, 0) is 32.5 Å². The van der Waals surface area contributed by atoms with Crippen molar-refractivity contribution in [1.29, 1.82) is 0 Å². The molecule has 0 aromatic carbocycles. The second kappa shape index (κ2) is 7.39. The number of hydrogen-bond acceptors (Lipinski definition) is 3. The summed E-state index contributed by atoms with van der Waals surface area (Å²) in [6.45, 7) is 13.8. The molecule has 1 heterocycles. The van der Waals surface area contributed by atoms with Crippen LogP contribution in [0.2, 0.25) is 0 Å². The molecule has 0 radical (unpaired) electrons. The van der Waals surface area contributed by atoms with Gasteiger partial charge < -0.3 is 9.73 Å². The van der Waals surface area contributed by atoms with Crippen molar-refractivity contribution < 1.29 is 4.42 Å². The molecule has 0 fully saturated rings. The van der Waals surface area contributed by atoms with Gasteiger partial charge in [0.25, 0.3) is 0 Å². The Morgan fingerprint density at radius 2 is 2.22 bits per heavy atom. The van der Waals surface area contributed by atoms with Crippen molar-refractivity contribution in [3.63, 3.8) is 0 Å². The van der Waals surface area contributed by atoms with Crippen LogP contribution in [0.25, 0.3) is 0 Å². The van der Waals surface area contributed by atoms with Crippen molar-refractivity contribution >= 4 is 0 Å². The highest BCUT2D eigenvalue weighted by Crippen LogP contribution is 2.16. The van der Waals surface area contributed by atoms with Crippen LogP contribution in [-0.2, 0) is 13.1 Å². The molecule has 1 aromatic rings. The van der Waals surface area contributed by atoms with Crippen molar-refractivity contribution in [3.05, 3.63) is 35.8 Å². The van der Waals surface area contributed by atoms with E-state index >= 15 is 0 Å². The van der Waals surface area contributed by atoms with Crippen molar-refractivity contribution in [2.24, 2.45) is 5.92 Å². The van der Waals surface area contributed by atoms with E-state index in [1.54, 1.807) is 0 Å². The van der Waals surface area contributed by atoms with E-state index in [1.807, 2.05) is 13.0 Å². The summed E-state index contributed by atoms with van der Waals surface area (Å²) in [6, 6.07) is 2.16. The van der Waals surface area contributed by atoms with E-state index in [0.29, 0.717) is 5.92 Å². The fraction of sp³-hybridized carbons (Fsp3) is 0.600. The summed E-state index contributed by atoms with van der Waals surface area (Å²) in [5.74, 6) is 2.72. The van der Waals surface area contributed by atoms with Gasteiger partial charge in [0.1, 0.15) is 11.5 Å². The maximum Gasteiger partial charge on any atom is 0.118 e. The molecule has 3 nitrogen and oxygen atoms in total. The van der Waals surface area contributed by atoms with Crippen LogP contribution in [0.3, 0.4) is 0 Å². The number of nitrogens with one attached hydrogen (secondary N) is 1. The first-order valence-electron chi connectivity index (χ1n) is 6.61. The number of rotatable bonds is 8.